The topological polar surface area (TPSA) is 528 Å². The van der Waals surface area contributed by atoms with Crippen molar-refractivity contribution in [2.24, 2.45) is 29.2 Å². The third kappa shape index (κ3) is 23.9. The first-order chi connectivity index (χ1) is 48.7. The minimum Gasteiger partial charge on any atom is -0.445 e. The molecule has 6 rings (SSSR count). The summed E-state index contributed by atoms with van der Waals surface area (Å²) in [5.41, 5.74) is 12.2. The van der Waals surface area contributed by atoms with Gasteiger partial charge in [-0.1, -0.05) is 67.0 Å². The van der Waals surface area contributed by atoms with E-state index in [0.717, 1.165) is 16.7 Å². The number of carbonyl (C=O) groups is 14. The maximum Gasteiger partial charge on any atom is 0.415 e. The number of aromatic nitrogens is 1. The molecule has 3 aromatic rings. The van der Waals surface area contributed by atoms with E-state index in [-0.39, 0.29) is 72.4 Å². The Kier molecular flexibility index (Phi) is 30.6. The summed E-state index contributed by atoms with van der Waals surface area (Å²) < 4.78 is 11.3. The molecule has 12 atom stereocenters. The lowest BCUT2D eigenvalue weighted by Gasteiger charge is -2.32. The van der Waals surface area contributed by atoms with Crippen LogP contribution in [0.2, 0.25) is 0 Å². The molecule has 1 saturated heterocycles. The fourth-order valence-electron chi connectivity index (χ4n) is 11.4. The van der Waals surface area contributed by atoms with Crippen LogP contribution < -0.4 is 74.7 Å². The highest BCUT2D eigenvalue weighted by Crippen LogP contribution is 2.34. The molecule has 0 radical (unpaired) electrons. The van der Waals surface area contributed by atoms with E-state index in [0.29, 0.717) is 29.5 Å². The van der Waals surface area contributed by atoms with E-state index in [4.69, 9.17) is 20.9 Å². The number of thioether (sulfide) groups is 1. The van der Waals surface area contributed by atoms with Crippen LogP contribution >= 0.6 is 11.8 Å². The third-order valence-electron chi connectivity index (χ3n) is 17.6. The fraction of sp³-hybridized carbons (Fsp3) is 0.576. The predicted molar refractivity (Wildman–Crippen MR) is 372 cm³/mol. The summed E-state index contributed by atoms with van der Waals surface area (Å²) in [6, 6.07) is -1.38. The second-order valence-corrected chi connectivity index (χ2v) is 27.4. The highest BCUT2D eigenvalue weighted by molar-refractivity contribution is 7.99. The van der Waals surface area contributed by atoms with Gasteiger partial charge in [0.1, 0.15) is 54.6 Å². The lowest BCUT2D eigenvalue weighted by atomic mass is 9.93. The number of nitrogens with one attached hydrogen (secondary N) is 12. The Balaban J connectivity index is 1.24. The van der Waals surface area contributed by atoms with Crippen molar-refractivity contribution < 1.29 is 91.9 Å². The average Bonchev–Trinajstić information content (AvgIpc) is 1.65. The number of benzene rings is 2. The number of nitrogens with two attached hydrogens (primary N) is 2. The van der Waals surface area contributed by atoms with Gasteiger partial charge in [-0.05, 0) is 60.1 Å². The zero-order chi connectivity index (χ0) is 76.1. The number of H-pyrrole nitrogens is 1. The lowest BCUT2D eigenvalue weighted by molar-refractivity contribution is -0.144. The summed E-state index contributed by atoms with van der Waals surface area (Å²) in [5.74, 6) is -12.4. The van der Waals surface area contributed by atoms with Gasteiger partial charge in [0.15, 0.2) is 0 Å². The number of hydrogen-bond acceptors (Lipinski definition) is 21. The van der Waals surface area contributed by atoms with Crippen molar-refractivity contribution in [3.63, 3.8) is 0 Å². The molecule has 0 aliphatic carbocycles. The van der Waals surface area contributed by atoms with Crippen LogP contribution in [0.15, 0.2) is 47.5 Å². The number of aliphatic hydroxyl groups is 3. The van der Waals surface area contributed by atoms with Crippen molar-refractivity contribution in [3.05, 3.63) is 53.6 Å². The standard InChI is InChI=1S/C66H97N17O19S/c1-10-34(6)53-59(94)71-26-50(88)74-46-31-103-62-41(24-44(55(90)70-27-51(89)79-53)76-61(96)54(35(7)48(86)29-84)80-58(93)47-22-38(85)28-83(47)63(97)45(25-49(67)87)77-57(46)92)40-18-17-39(23-43(40)78-62)102-66(100)82(9)21-20-81(8)65(99)101-30-36-13-15-37(16-14-36)73-56(91)42(12-11-19-69-64(68)98)75-60(95)52(32(2)3)72-33(4)5/h13-18,23,32-35,38,42,44-48,52-54,72,78,84-86H,10-12,19-22,24-31H2,1-9H3,(H2,67,87)(H,70,90)(H,71,94)(H,73,91)(H,74,88)(H,75,95)(H,76,96)(H,77,92)(H,79,89)(H,80,93)(H3,68,69,98)/t34-,35-,38+,42-,44-,45-,46-,47-,48-,52-,53-,54-/m0/s1. The van der Waals surface area contributed by atoms with Crippen LogP contribution in [-0.4, -0.2) is 251 Å². The number of carbonyl (C=O) groups excluding carboxylic acids is 14. The number of rotatable bonds is 24. The normalized spacial score (nSPS) is 21.8. The zero-order valence-corrected chi connectivity index (χ0v) is 59.8. The Morgan fingerprint density at radius 2 is 1.43 bits per heavy atom. The number of primary amides is 2. The maximum atomic E-state index is 14.8. The molecular weight excluding hydrogens is 1370 g/mol. The molecule has 19 N–H and O–H groups in total. The molecule has 15 amide bonds. The number of urea groups is 1. The first-order valence-electron chi connectivity index (χ1n) is 33.9. The van der Waals surface area contributed by atoms with Gasteiger partial charge in [-0.25, -0.2) is 14.4 Å². The Hall–Kier alpha value is -9.85. The van der Waals surface area contributed by atoms with Gasteiger partial charge in [0.05, 0.1) is 54.9 Å². The van der Waals surface area contributed by atoms with Gasteiger partial charge < -0.3 is 114 Å². The smallest absolute Gasteiger partial charge is 0.415 e. The van der Waals surface area contributed by atoms with Crippen molar-refractivity contribution in [1.29, 1.82) is 0 Å². The molecule has 4 heterocycles. The van der Waals surface area contributed by atoms with Crippen molar-refractivity contribution in [3.8, 4) is 5.75 Å². The molecule has 2 aromatic carbocycles. The molecule has 3 aliphatic rings. The summed E-state index contributed by atoms with van der Waals surface area (Å²) in [4.78, 5) is 198. The number of anilines is 1. The molecule has 37 heteroatoms. The molecule has 0 saturated carbocycles. The van der Waals surface area contributed by atoms with Gasteiger partial charge >= 0.3 is 18.2 Å². The predicted octanol–water partition coefficient (Wildman–Crippen LogP) is -3.05. The van der Waals surface area contributed by atoms with Gasteiger partial charge in [0, 0.05) is 88.0 Å². The second-order valence-electron chi connectivity index (χ2n) is 26.4. The molecule has 0 spiro atoms. The highest BCUT2D eigenvalue weighted by Gasteiger charge is 2.45. The quantitative estimate of drug-likeness (QED) is 0.0396. The van der Waals surface area contributed by atoms with E-state index in [1.54, 1.807) is 38.1 Å². The number of fused-ring (bicyclic) bond motifs is 5. The Morgan fingerprint density at radius 3 is 2.06 bits per heavy atom. The first-order valence-corrected chi connectivity index (χ1v) is 34.9. The van der Waals surface area contributed by atoms with Crippen molar-refractivity contribution in [1.82, 2.24) is 72.9 Å². The molecule has 0 unspecified atom stereocenters. The Morgan fingerprint density at radius 1 is 0.767 bits per heavy atom. The molecule has 103 heavy (non-hydrogen) atoms. The molecule has 1 fully saturated rings. The van der Waals surface area contributed by atoms with Crippen molar-refractivity contribution in [2.75, 3.05) is 71.0 Å². The van der Waals surface area contributed by atoms with Crippen LogP contribution in [0.5, 0.6) is 5.75 Å². The van der Waals surface area contributed by atoms with Crippen LogP contribution in [-0.2, 0) is 70.5 Å². The molecule has 2 bridgehead atoms. The van der Waals surface area contributed by atoms with Crippen molar-refractivity contribution in [2.45, 2.75) is 165 Å². The van der Waals surface area contributed by atoms with Gasteiger partial charge in [-0.2, -0.15) is 0 Å². The van der Waals surface area contributed by atoms with E-state index in [1.165, 1.54) is 49.0 Å². The summed E-state index contributed by atoms with van der Waals surface area (Å²) in [5, 5.41) is 61.4. The summed E-state index contributed by atoms with van der Waals surface area (Å²) >= 11 is 0.878. The summed E-state index contributed by atoms with van der Waals surface area (Å²) in [6.07, 6.45) is -5.58. The number of likely N-dealkylation sites (N-methyl/N-ethyl adjacent to an activating group) is 2. The highest BCUT2D eigenvalue weighted by atomic mass is 32.2. The summed E-state index contributed by atoms with van der Waals surface area (Å²) in [6.45, 7) is 9.19. The molecular formula is C66H97N17O19S. The molecule has 3 aliphatic heterocycles. The van der Waals surface area contributed by atoms with Crippen LogP contribution in [0.25, 0.3) is 10.9 Å². The summed E-state index contributed by atoms with van der Waals surface area (Å²) in [7, 11) is 2.86. The first kappa shape index (κ1) is 82.1. The number of hydrogen-bond donors (Lipinski definition) is 17. The van der Waals surface area contributed by atoms with Gasteiger partial charge in [-0.15, -0.1) is 11.8 Å². The Bertz CT molecular complexity index is 3580. The SMILES string of the molecule is CC[C@H](C)[C@@H]1NC(=O)CNC(=O)[C@@H]2Cc3c([nH]c4cc(OC(=O)N(C)CCN(C)C(=O)OCc5ccc(NC(=O)[C@H](CCCNC(N)=O)NC(=O)[C@@H](NC(C)C)C(C)C)cc5)ccc34)SC[C@H](NC(=O)CNC1=O)C(=O)N[C@@H](CC(N)=O)C(=O)N1C[C@H](O)C[C@H]1C(=O)N[C@@H]([C@@H](C)[C@@H](O)CO)C(=O)N2. The van der Waals surface area contributed by atoms with Crippen LogP contribution in [0.3, 0.4) is 0 Å². The fourth-order valence-corrected chi connectivity index (χ4v) is 12.5. The average molecular weight is 1460 g/mol. The van der Waals surface area contributed by atoms with Gasteiger partial charge in [0.2, 0.25) is 65.0 Å². The van der Waals surface area contributed by atoms with Crippen LogP contribution in [0.4, 0.5) is 20.1 Å². The number of nitrogens with zero attached hydrogens (tertiary/aromatic N) is 3. The van der Waals surface area contributed by atoms with Crippen LogP contribution in [0, 0.1) is 17.8 Å². The largest absolute Gasteiger partial charge is 0.445 e. The second kappa shape index (κ2) is 38.4. The van der Waals surface area contributed by atoms with Gasteiger partial charge in [-0.3, -0.25) is 52.7 Å². The van der Waals surface area contributed by atoms with E-state index < -0.39 is 201 Å². The van der Waals surface area contributed by atoms with E-state index in [2.05, 4.69) is 63.5 Å². The molecule has 1 aromatic heterocycles. The minimum atomic E-state index is -1.83. The van der Waals surface area contributed by atoms with Crippen LogP contribution in [0.1, 0.15) is 91.7 Å². The number of aliphatic hydroxyl groups excluding tert-OH is 3. The minimum absolute atomic E-state index is 0.0131. The molecule has 36 nitrogen and oxygen atoms in total. The third-order valence-corrected chi connectivity index (χ3v) is 18.8. The zero-order valence-electron chi connectivity index (χ0n) is 59.0. The lowest BCUT2D eigenvalue weighted by Crippen LogP contribution is -2.62. The maximum absolute atomic E-state index is 14.8. The number of ether oxygens (including phenoxy) is 2. The van der Waals surface area contributed by atoms with Crippen molar-refractivity contribution >= 4 is 112 Å². The number of aromatic amines is 1. The van der Waals surface area contributed by atoms with E-state index >= 15 is 0 Å². The number of amides is 15. The van der Waals surface area contributed by atoms with E-state index in [1.807, 2.05) is 27.7 Å². The van der Waals surface area contributed by atoms with Gasteiger partial charge in [0.25, 0.3) is 0 Å². The molecule has 566 valence electrons. The Labute approximate surface area is 598 Å². The monoisotopic (exact) mass is 1460 g/mol. The van der Waals surface area contributed by atoms with E-state index in [9.17, 15) is 82.4 Å².